The molecule has 0 radical (unpaired) electrons. The molecule has 0 saturated carbocycles. The molecule has 2 aromatic heterocycles. The van der Waals surface area contributed by atoms with Gasteiger partial charge >= 0.3 is 5.97 Å². The largest absolute Gasteiger partial charge is 0.486 e. The van der Waals surface area contributed by atoms with Crippen molar-refractivity contribution in [1.29, 1.82) is 0 Å². The van der Waals surface area contributed by atoms with Crippen LogP contribution in [0.15, 0.2) is 194 Å². The van der Waals surface area contributed by atoms with E-state index in [0.29, 0.717) is 0 Å². The van der Waals surface area contributed by atoms with E-state index < -0.39 is 5.97 Å². The van der Waals surface area contributed by atoms with E-state index in [1.165, 1.54) is 17.4 Å². The standard InChI is InChI=1S/C48H33N3O2S2/c1-49-44(48(52)53)32-42-30-31-45(54-42)46-33-43(34-22-26-40(27-23-34)50(36-14-6-2-7-15-36)37-16-8-3-9-17-37)47(55-46)35-24-28-41(29-25-35)51(38-18-10-4-11-19-38)39-20-12-5-13-21-39/h2-33H,(H,52,53)/b44-32-. The van der Waals surface area contributed by atoms with E-state index in [1.807, 2.05) is 36.4 Å². The highest BCUT2D eigenvalue weighted by molar-refractivity contribution is 7.24. The molecule has 0 bridgehead atoms. The van der Waals surface area contributed by atoms with Crippen molar-refractivity contribution in [3.8, 4) is 31.3 Å². The fraction of sp³-hybridized carbons (Fsp3) is 0. The van der Waals surface area contributed by atoms with Gasteiger partial charge in [0.15, 0.2) is 0 Å². The summed E-state index contributed by atoms with van der Waals surface area (Å²) in [6, 6.07) is 65.0. The summed E-state index contributed by atoms with van der Waals surface area (Å²) in [5.74, 6) is -1.23. The van der Waals surface area contributed by atoms with Gasteiger partial charge in [-0.3, -0.25) is 4.79 Å². The molecule has 2 heterocycles. The first-order chi connectivity index (χ1) is 27.1. The minimum absolute atomic E-state index is 0.304. The predicted octanol–water partition coefficient (Wildman–Crippen LogP) is 14.1. The molecule has 0 aliphatic heterocycles. The van der Waals surface area contributed by atoms with Crippen LogP contribution in [0.1, 0.15) is 4.88 Å². The van der Waals surface area contributed by atoms with Gasteiger partial charge in [0, 0.05) is 59.2 Å². The third-order valence-corrected chi connectivity index (χ3v) is 11.5. The molecule has 5 nitrogen and oxygen atoms in total. The Morgan fingerprint density at radius 2 is 0.927 bits per heavy atom. The summed E-state index contributed by atoms with van der Waals surface area (Å²) in [4.78, 5) is 23.2. The van der Waals surface area contributed by atoms with Crippen molar-refractivity contribution >= 4 is 68.8 Å². The summed E-state index contributed by atoms with van der Waals surface area (Å²) in [5.41, 5.74) is 9.38. The number of nitrogens with zero attached hydrogens (tertiary/aromatic N) is 3. The smallest absolute Gasteiger partial charge is 0.333 e. The van der Waals surface area contributed by atoms with E-state index in [1.54, 1.807) is 11.3 Å². The Hall–Kier alpha value is -6.98. The molecule has 8 rings (SSSR count). The lowest BCUT2D eigenvalue weighted by atomic mass is 10.0. The van der Waals surface area contributed by atoms with Crippen LogP contribution >= 0.6 is 22.7 Å². The molecule has 6 aromatic carbocycles. The lowest BCUT2D eigenvalue weighted by Crippen LogP contribution is -2.09. The highest BCUT2D eigenvalue weighted by Crippen LogP contribution is 2.47. The molecular formula is C48H33N3O2S2. The fourth-order valence-corrected chi connectivity index (χ4v) is 8.75. The Kier molecular flexibility index (Phi) is 10.2. The van der Waals surface area contributed by atoms with Crippen molar-refractivity contribution in [2.45, 2.75) is 0 Å². The Morgan fingerprint density at radius 3 is 1.35 bits per heavy atom. The molecule has 0 saturated heterocycles. The highest BCUT2D eigenvalue weighted by Gasteiger charge is 2.19. The predicted molar refractivity (Wildman–Crippen MR) is 230 cm³/mol. The van der Waals surface area contributed by atoms with E-state index in [0.717, 1.165) is 70.3 Å². The van der Waals surface area contributed by atoms with E-state index in [4.69, 9.17) is 6.57 Å². The number of rotatable bonds is 11. The zero-order chi connectivity index (χ0) is 37.6. The molecule has 0 aliphatic carbocycles. The van der Waals surface area contributed by atoms with Crippen molar-refractivity contribution in [1.82, 2.24) is 0 Å². The summed E-state index contributed by atoms with van der Waals surface area (Å²) < 4.78 is 0. The number of carboxylic acid groups (broad SMARTS) is 1. The lowest BCUT2D eigenvalue weighted by Gasteiger charge is -2.25. The van der Waals surface area contributed by atoms with Gasteiger partial charge in [-0.25, -0.2) is 4.85 Å². The van der Waals surface area contributed by atoms with E-state index in [2.05, 4.69) is 166 Å². The topological polar surface area (TPSA) is 48.1 Å². The lowest BCUT2D eigenvalue weighted by molar-refractivity contribution is -0.132. The fourth-order valence-electron chi connectivity index (χ4n) is 6.54. The number of hydrogen-bond donors (Lipinski definition) is 1. The summed E-state index contributed by atoms with van der Waals surface area (Å²) in [6.45, 7) is 7.29. The maximum atomic E-state index is 11.5. The van der Waals surface area contributed by atoms with Crippen molar-refractivity contribution in [2.24, 2.45) is 0 Å². The first kappa shape index (κ1) is 35.1. The van der Waals surface area contributed by atoms with Crippen LogP contribution in [0.4, 0.5) is 34.1 Å². The van der Waals surface area contributed by atoms with Gasteiger partial charge < -0.3 is 14.9 Å². The van der Waals surface area contributed by atoms with Crippen molar-refractivity contribution in [3.63, 3.8) is 0 Å². The first-order valence-corrected chi connectivity index (χ1v) is 19.3. The van der Waals surface area contributed by atoms with Gasteiger partial charge in [0.25, 0.3) is 5.70 Å². The number of anilines is 6. The van der Waals surface area contributed by atoms with Crippen LogP contribution in [0.2, 0.25) is 0 Å². The van der Waals surface area contributed by atoms with Crippen LogP contribution in [0.5, 0.6) is 0 Å². The van der Waals surface area contributed by atoms with Gasteiger partial charge in [0.2, 0.25) is 0 Å². The first-order valence-electron chi connectivity index (χ1n) is 17.6. The van der Waals surface area contributed by atoms with E-state index in [-0.39, 0.29) is 5.70 Å². The molecular weight excluding hydrogens is 715 g/mol. The van der Waals surface area contributed by atoms with Crippen molar-refractivity contribution in [2.75, 3.05) is 9.80 Å². The molecule has 0 amide bonds. The van der Waals surface area contributed by atoms with Gasteiger partial charge in [-0.2, -0.15) is 0 Å². The van der Waals surface area contributed by atoms with Crippen LogP contribution in [-0.2, 0) is 4.79 Å². The molecule has 264 valence electrons. The number of carbonyl (C=O) groups is 1. The normalized spacial score (nSPS) is 11.1. The number of para-hydroxylation sites is 4. The van der Waals surface area contributed by atoms with Crippen molar-refractivity contribution < 1.29 is 9.90 Å². The second-order valence-electron chi connectivity index (χ2n) is 12.6. The molecule has 7 heteroatoms. The Labute approximate surface area is 328 Å². The van der Waals surface area contributed by atoms with Crippen molar-refractivity contribution in [3.05, 3.63) is 210 Å². The van der Waals surface area contributed by atoms with Gasteiger partial charge in [-0.15, -0.1) is 22.7 Å². The number of benzene rings is 6. The van der Waals surface area contributed by atoms with Crippen LogP contribution in [0, 0.1) is 6.57 Å². The van der Waals surface area contributed by atoms with Crippen LogP contribution in [0.3, 0.4) is 0 Å². The summed E-state index contributed by atoms with van der Waals surface area (Å²) in [6.07, 6.45) is 1.44. The number of thiophene rings is 2. The van der Waals surface area contributed by atoms with Crippen LogP contribution < -0.4 is 9.80 Å². The summed E-state index contributed by atoms with van der Waals surface area (Å²) >= 11 is 3.18. The summed E-state index contributed by atoms with van der Waals surface area (Å²) in [5, 5.41) is 9.44. The Balaban J connectivity index is 1.21. The number of aliphatic carboxylic acids is 1. The molecule has 0 atom stereocenters. The van der Waals surface area contributed by atoms with E-state index >= 15 is 0 Å². The number of carboxylic acids is 1. The van der Waals surface area contributed by atoms with Gasteiger partial charge in [0.1, 0.15) is 0 Å². The highest BCUT2D eigenvalue weighted by atomic mass is 32.1. The molecule has 0 spiro atoms. The quantitative estimate of drug-likeness (QED) is 0.106. The second-order valence-corrected chi connectivity index (χ2v) is 14.8. The molecule has 0 fully saturated rings. The zero-order valence-corrected chi connectivity index (χ0v) is 31.1. The minimum Gasteiger partial charge on any atom is -0.486 e. The molecule has 0 aliphatic rings. The zero-order valence-electron chi connectivity index (χ0n) is 29.5. The Bertz CT molecular complexity index is 2390. The van der Waals surface area contributed by atoms with Crippen LogP contribution in [0.25, 0.3) is 42.2 Å². The second kappa shape index (κ2) is 15.9. The maximum absolute atomic E-state index is 11.5. The molecule has 1 N–H and O–H groups in total. The van der Waals surface area contributed by atoms with Gasteiger partial charge in [-0.1, -0.05) is 97.1 Å². The minimum atomic E-state index is -1.23. The van der Waals surface area contributed by atoms with E-state index in [9.17, 15) is 9.90 Å². The SMILES string of the molecule is [C-]#[N+]/C(=C\c1ccc(-c2cc(-c3ccc(N(c4ccccc4)c4ccccc4)cc3)c(-c3ccc(N(c4ccccc4)c4ccccc4)cc3)s2)s1)C(=O)O. The van der Waals surface area contributed by atoms with Gasteiger partial charge in [-0.05, 0) is 108 Å². The Morgan fingerprint density at radius 1 is 0.509 bits per heavy atom. The number of hydrogen-bond acceptors (Lipinski definition) is 5. The third-order valence-electron chi connectivity index (χ3n) is 9.10. The molecule has 55 heavy (non-hydrogen) atoms. The van der Waals surface area contributed by atoms with Gasteiger partial charge in [0.05, 0.1) is 6.57 Å². The van der Waals surface area contributed by atoms with Crippen LogP contribution in [-0.4, -0.2) is 11.1 Å². The summed E-state index contributed by atoms with van der Waals surface area (Å²) in [7, 11) is 0. The average molecular weight is 748 g/mol. The maximum Gasteiger partial charge on any atom is 0.333 e. The molecule has 0 unspecified atom stereocenters. The molecule has 8 aromatic rings. The third kappa shape index (κ3) is 7.59. The average Bonchev–Trinajstić information content (AvgIpc) is 3.90. The monoisotopic (exact) mass is 747 g/mol.